The zero-order chi connectivity index (χ0) is 25.7. The molecule has 1 heterocycles. The van der Waals surface area contributed by atoms with Crippen molar-refractivity contribution in [1.82, 2.24) is 4.98 Å². The Morgan fingerprint density at radius 2 is 1.43 bits per heavy atom. The van der Waals surface area contributed by atoms with Gasteiger partial charge >= 0.3 is 6.18 Å². The van der Waals surface area contributed by atoms with Crippen molar-refractivity contribution in [2.45, 2.75) is 19.5 Å². The van der Waals surface area contributed by atoms with Gasteiger partial charge in [0.2, 0.25) is 0 Å². The molecular weight excluding hydrogens is 491 g/mol. The molecule has 0 spiro atoms. The average Bonchev–Trinajstić information content (AvgIpc) is 3.29. The molecular formula is C32H21ClF3N. The highest BCUT2D eigenvalue weighted by Gasteiger charge is 2.31. The van der Waals surface area contributed by atoms with Crippen LogP contribution in [0.4, 0.5) is 13.2 Å². The van der Waals surface area contributed by atoms with Gasteiger partial charge in [-0.1, -0.05) is 78.3 Å². The third-order valence-electron chi connectivity index (χ3n) is 7.03. The summed E-state index contributed by atoms with van der Waals surface area (Å²) >= 11 is 6.20. The number of halogens is 4. The number of fused-ring (bicyclic) bond motifs is 3. The Morgan fingerprint density at radius 3 is 2.16 bits per heavy atom. The van der Waals surface area contributed by atoms with Crippen molar-refractivity contribution in [1.29, 1.82) is 0 Å². The second-order valence-electron chi connectivity index (χ2n) is 9.28. The zero-order valence-electron chi connectivity index (χ0n) is 19.9. The number of rotatable bonds is 3. The molecule has 0 N–H and O–H groups in total. The van der Waals surface area contributed by atoms with Crippen LogP contribution in [0.25, 0.3) is 44.6 Å². The number of nitrogens with zero attached hydrogens (tertiary/aromatic N) is 1. The van der Waals surface area contributed by atoms with Gasteiger partial charge in [0.1, 0.15) is 0 Å². The fourth-order valence-corrected chi connectivity index (χ4v) is 5.45. The first-order chi connectivity index (χ1) is 17.8. The largest absolute Gasteiger partial charge is 0.417 e. The van der Waals surface area contributed by atoms with Crippen molar-refractivity contribution in [2.75, 3.05) is 0 Å². The lowest BCUT2D eigenvalue weighted by atomic mass is 9.85. The van der Waals surface area contributed by atoms with Crippen LogP contribution in [0.5, 0.6) is 0 Å². The van der Waals surface area contributed by atoms with Crippen LogP contribution in [0.1, 0.15) is 22.3 Å². The number of aryl methyl sites for hydroxylation is 1. The second kappa shape index (κ2) is 8.89. The molecule has 37 heavy (non-hydrogen) atoms. The molecule has 0 saturated heterocycles. The Labute approximate surface area is 218 Å². The molecule has 182 valence electrons. The van der Waals surface area contributed by atoms with E-state index in [0.29, 0.717) is 10.7 Å². The standard InChI is InChI=1S/C32H21ClF3N/c1-19-9-15-25(28-17-21-5-2-3-6-24(21)30(19)28)26-7-4-8-27(31(26)20-10-13-23(33)14-11-20)29-16-12-22(18-37-29)32(34,35)36/h2-16,18H,17H2,1H3. The van der Waals surface area contributed by atoms with Crippen LogP contribution in [0, 0.1) is 6.92 Å². The van der Waals surface area contributed by atoms with Crippen molar-refractivity contribution in [2.24, 2.45) is 0 Å². The third kappa shape index (κ3) is 4.11. The van der Waals surface area contributed by atoms with Crippen LogP contribution in [-0.4, -0.2) is 4.98 Å². The van der Waals surface area contributed by atoms with Gasteiger partial charge in [0, 0.05) is 16.8 Å². The molecule has 1 aliphatic rings. The molecule has 0 amide bonds. The molecule has 0 radical (unpaired) electrons. The SMILES string of the molecule is Cc1ccc(-c2cccc(-c3ccc(C(F)(F)F)cn3)c2-c2ccc(Cl)cc2)c2c1-c1ccccc1C2. The Morgan fingerprint density at radius 1 is 0.703 bits per heavy atom. The molecule has 1 nitrogen and oxygen atoms in total. The summed E-state index contributed by atoms with van der Waals surface area (Å²) in [6, 6.07) is 28.8. The topological polar surface area (TPSA) is 12.9 Å². The van der Waals surface area contributed by atoms with Crippen LogP contribution in [0.3, 0.4) is 0 Å². The highest BCUT2D eigenvalue weighted by atomic mass is 35.5. The van der Waals surface area contributed by atoms with E-state index in [1.54, 1.807) is 0 Å². The minimum atomic E-state index is -4.44. The number of pyridine rings is 1. The quantitative estimate of drug-likeness (QED) is 0.230. The molecule has 5 aromatic rings. The lowest BCUT2D eigenvalue weighted by molar-refractivity contribution is -0.137. The van der Waals surface area contributed by atoms with Gasteiger partial charge in [-0.15, -0.1) is 0 Å². The maximum Gasteiger partial charge on any atom is 0.417 e. The van der Waals surface area contributed by atoms with E-state index >= 15 is 0 Å². The smallest absolute Gasteiger partial charge is 0.256 e. The Hall–Kier alpha value is -3.89. The summed E-state index contributed by atoms with van der Waals surface area (Å²) in [4.78, 5) is 4.23. The molecule has 0 unspecified atom stereocenters. The van der Waals surface area contributed by atoms with Gasteiger partial charge in [0.15, 0.2) is 0 Å². The van der Waals surface area contributed by atoms with Gasteiger partial charge in [-0.05, 0) is 87.7 Å². The highest BCUT2D eigenvalue weighted by Crippen LogP contribution is 2.47. The lowest BCUT2D eigenvalue weighted by Gasteiger charge is -2.19. The van der Waals surface area contributed by atoms with E-state index in [1.165, 1.54) is 33.9 Å². The summed E-state index contributed by atoms with van der Waals surface area (Å²) in [5.74, 6) is 0. The van der Waals surface area contributed by atoms with Crippen molar-refractivity contribution in [3.8, 4) is 44.6 Å². The number of aromatic nitrogens is 1. The predicted octanol–water partition coefficient (Wildman–Crippen LogP) is 9.63. The molecule has 1 aromatic heterocycles. The minimum Gasteiger partial charge on any atom is -0.256 e. The summed E-state index contributed by atoms with van der Waals surface area (Å²) < 4.78 is 39.6. The van der Waals surface area contributed by atoms with E-state index in [-0.39, 0.29) is 0 Å². The summed E-state index contributed by atoms with van der Waals surface area (Å²) in [6.07, 6.45) is -2.72. The van der Waals surface area contributed by atoms with E-state index < -0.39 is 11.7 Å². The fraction of sp³-hybridized carbons (Fsp3) is 0.0938. The molecule has 1 aliphatic carbocycles. The van der Waals surface area contributed by atoms with Crippen LogP contribution >= 0.6 is 11.6 Å². The van der Waals surface area contributed by atoms with Gasteiger partial charge in [0.25, 0.3) is 0 Å². The van der Waals surface area contributed by atoms with Gasteiger partial charge in [0.05, 0.1) is 11.3 Å². The molecule has 0 aliphatic heterocycles. The van der Waals surface area contributed by atoms with Gasteiger partial charge in [-0.2, -0.15) is 13.2 Å². The molecule has 5 heteroatoms. The summed E-state index contributed by atoms with van der Waals surface area (Å²) in [7, 11) is 0. The van der Waals surface area contributed by atoms with E-state index in [0.717, 1.165) is 46.5 Å². The Kier molecular flexibility index (Phi) is 5.65. The fourth-order valence-electron chi connectivity index (χ4n) is 5.32. The van der Waals surface area contributed by atoms with Crippen molar-refractivity contribution >= 4 is 11.6 Å². The monoisotopic (exact) mass is 511 g/mol. The van der Waals surface area contributed by atoms with Crippen LogP contribution in [-0.2, 0) is 12.6 Å². The summed E-state index contributed by atoms with van der Waals surface area (Å²) in [6.45, 7) is 2.13. The van der Waals surface area contributed by atoms with E-state index in [9.17, 15) is 13.2 Å². The van der Waals surface area contributed by atoms with Crippen LogP contribution in [0.2, 0.25) is 5.02 Å². The van der Waals surface area contributed by atoms with E-state index in [4.69, 9.17) is 11.6 Å². The maximum absolute atomic E-state index is 13.2. The Bertz CT molecular complexity index is 1640. The Balaban J connectivity index is 1.60. The van der Waals surface area contributed by atoms with Crippen molar-refractivity contribution in [3.05, 3.63) is 124 Å². The van der Waals surface area contributed by atoms with Crippen LogP contribution < -0.4 is 0 Å². The molecule has 6 rings (SSSR count). The normalized spacial score (nSPS) is 12.4. The first kappa shape index (κ1) is 23.5. The van der Waals surface area contributed by atoms with Crippen molar-refractivity contribution < 1.29 is 13.2 Å². The second-order valence-corrected chi connectivity index (χ2v) is 9.72. The van der Waals surface area contributed by atoms with Gasteiger partial charge in [-0.25, -0.2) is 0 Å². The number of benzene rings is 4. The molecule has 0 fully saturated rings. The van der Waals surface area contributed by atoms with Crippen LogP contribution in [0.15, 0.2) is 97.2 Å². The molecule has 0 bridgehead atoms. The highest BCUT2D eigenvalue weighted by molar-refractivity contribution is 6.30. The molecule has 0 atom stereocenters. The minimum absolute atomic E-state index is 0.479. The third-order valence-corrected chi connectivity index (χ3v) is 7.28. The maximum atomic E-state index is 13.2. The molecule has 4 aromatic carbocycles. The predicted molar refractivity (Wildman–Crippen MR) is 144 cm³/mol. The lowest BCUT2D eigenvalue weighted by Crippen LogP contribution is -2.05. The number of hydrogen-bond acceptors (Lipinski definition) is 1. The van der Waals surface area contributed by atoms with Crippen molar-refractivity contribution in [3.63, 3.8) is 0 Å². The first-order valence-corrected chi connectivity index (χ1v) is 12.3. The van der Waals surface area contributed by atoms with E-state index in [2.05, 4.69) is 54.4 Å². The average molecular weight is 512 g/mol. The summed E-state index contributed by atoms with van der Waals surface area (Å²) in [5, 5.41) is 0.613. The first-order valence-electron chi connectivity index (χ1n) is 11.9. The van der Waals surface area contributed by atoms with Gasteiger partial charge in [-0.3, -0.25) is 4.98 Å². The van der Waals surface area contributed by atoms with E-state index in [1.807, 2.05) is 36.4 Å². The number of alkyl halides is 3. The van der Waals surface area contributed by atoms with Gasteiger partial charge < -0.3 is 0 Å². The zero-order valence-corrected chi connectivity index (χ0v) is 20.7. The number of hydrogen-bond donors (Lipinski definition) is 0. The molecule has 0 saturated carbocycles. The summed E-state index contributed by atoms with van der Waals surface area (Å²) in [5.41, 5.74) is 10.7.